The molecule has 0 fully saturated rings. The molecule has 0 aromatic carbocycles. The lowest BCUT2D eigenvalue weighted by molar-refractivity contribution is 0.0599. The highest BCUT2D eigenvalue weighted by molar-refractivity contribution is 5.94. The number of hydrogen-bond acceptors (Lipinski definition) is 4. The molecule has 100 valence electrons. The summed E-state index contributed by atoms with van der Waals surface area (Å²) in [7, 11) is 1.29. The molecule has 0 spiro atoms. The number of aromatic nitrogens is 1. The lowest BCUT2D eigenvalue weighted by atomic mass is 10.2. The van der Waals surface area contributed by atoms with Crippen LogP contribution in [0.4, 0.5) is 0 Å². The van der Waals surface area contributed by atoms with Gasteiger partial charge in [-0.2, -0.15) is 0 Å². The van der Waals surface area contributed by atoms with E-state index in [2.05, 4.69) is 22.9 Å². The van der Waals surface area contributed by atoms with E-state index in [1.165, 1.54) is 25.4 Å². The molecule has 0 radical (unpaired) electrons. The third-order valence-corrected chi connectivity index (χ3v) is 2.39. The van der Waals surface area contributed by atoms with Gasteiger partial charge in [0.05, 0.1) is 12.7 Å². The highest BCUT2D eigenvalue weighted by atomic mass is 16.5. The van der Waals surface area contributed by atoms with Gasteiger partial charge in [-0.1, -0.05) is 12.2 Å². The van der Waals surface area contributed by atoms with Gasteiger partial charge >= 0.3 is 5.97 Å². The molecule has 1 aromatic rings. The van der Waals surface area contributed by atoms with Gasteiger partial charge in [0.2, 0.25) is 0 Å². The van der Waals surface area contributed by atoms with Crippen molar-refractivity contribution in [2.75, 3.05) is 20.2 Å². The normalized spacial score (nSPS) is 9.53. The van der Waals surface area contributed by atoms with E-state index in [0.717, 1.165) is 0 Å². The summed E-state index contributed by atoms with van der Waals surface area (Å²) in [6.07, 6.45) is 4.58. The van der Waals surface area contributed by atoms with E-state index in [4.69, 9.17) is 0 Å². The first kappa shape index (κ1) is 14.6. The van der Waals surface area contributed by atoms with Crippen LogP contribution in [0, 0.1) is 0 Å². The van der Waals surface area contributed by atoms with Crippen LogP contribution in [0.2, 0.25) is 0 Å². The largest absolute Gasteiger partial charge is 0.465 e. The zero-order valence-corrected chi connectivity index (χ0v) is 10.8. The standard InChI is InChI=1S/C14H16N2O3/c1-4-8-16(9-5-2)13(17)12-7-6-11(10-15-12)14(18)19-3/h4-7,10H,1-2,8-9H2,3H3. The Bertz CT molecular complexity index is 470. The van der Waals surface area contributed by atoms with Crippen molar-refractivity contribution < 1.29 is 14.3 Å². The van der Waals surface area contributed by atoms with Gasteiger partial charge in [-0.15, -0.1) is 13.2 Å². The van der Waals surface area contributed by atoms with E-state index in [0.29, 0.717) is 18.7 Å². The maximum atomic E-state index is 12.1. The van der Waals surface area contributed by atoms with E-state index >= 15 is 0 Å². The van der Waals surface area contributed by atoms with E-state index in [9.17, 15) is 9.59 Å². The highest BCUT2D eigenvalue weighted by Gasteiger charge is 2.15. The summed E-state index contributed by atoms with van der Waals surface area (Å²) >= 11 is 0. The molecule has 0 N–H and O–H groups in total. The molecule has 0 saturated heterocycles. The zero-order valence-electron chi connectivity index (χ0n) is 10.8. The van der Waals surface area contributed by atoms with Gasteiger partial charge in [0.15, 0.2) is 0 Å². The summed E-state index contributed by atoms with van der Waals surface area (Å²) in [5, 5.41) is 0. The summed E-state index contributed by atoms with van der Waals surface area (Å²) in [5.74, 6) is -0.725. The number of rotatable bonds is 6. The van der Waals surface area contributed by atoms with Crippen LogP contribution in [0.25, 0.3) is 0 Å². The fourth-order valence-electron chi connectivity index (χ4n) is 1.47. The molecule has 0 aliphatic carbocycles. The highest BCUT2D eigenvalue weighted by Crippen LogP contribution is 2.05. The Kier molecular flexibility index (Phi) is 5.47. The summed E-state index contributed by atoms with van der Waals surface area (Å²) in [4.78, 5) is 28.9. The molecule has 5 heteroatoms. The van der Waals surface area contributed by atoms with E-state index in [1.807, 2.05) is 0 Å². The van der Waals surface area contributed by atoms with Gasteiger partial charge in [0.1, 0.15) is 5.69 Å². The van der Waals surface area contributed by atoms with Gasteiger partial charge in [-0.05, 0) is 12.1 Å². The Labute approximate surface area is 112 Å². The number of amides is 1. The number of carbonyl (C=O) groups is 2. The maximum Gasteiger partial charge on any atom is 0.339 e. The van der Waals surface area contributed by atoms with E-state index in [-0.39, 0.29) is 11.6 Å². The lowest BCUT2D eigenvalue weighted by Crippen LogP contribution is -2.31. The number of methoxy groups -OCH3 is 1. The van der Waals surface area contributed by atoms with E-state index in [1.54, 1.807) is 17.1 Å². The number of ether oxygens (including phenoxy) is 1. The molecule has 1 heterocycles. The maximum absolute atomic E-state index is 12.1. The zero-order chi connectivity index (χ0) is 14.3. The second kappa shape index (κ2) is 7.10. The van der Waals surface area contributed by atoms with Crippen LogP contribution in [0.5, 0.6) is 0 Å². The number of pyridine rings is 1. The first-order valence-electron chi connectivity index (χ1n) is 5.69. The van der Waals surface area contributed by atoms with Crippen molar-refractivity contribution in [2.45, 2.75) is 0 Å². The summed E-state index contributed by atoms with van der Waals surface area (Å²) < 4.78 is 4.56. The monoisotopic (exact) mass is 260 g/mol. The van der Waals surface area contributed by atoms with Crippen LogP contribution in [-0.2, 0) is 4.74 Å². The number of carbonyl (C=O) groups excluding carboxylic acids is 2. The number of hydrogen-bond donors (Lipinski definition) is 0. The van der Waals surface area contributed by atoms with Crippen LogP contribution in [0.3, 0.4) is 0 Å². The van der Waals surface area contributed by atoms with Gasteiger partial charge in [-0.3, -0.25) is 9.78 Å². The Hall–Kier alpha value is -2.43. The first-order chi connectivity index (χ1) is 9.13. The average Bonchev–Trinajstić information content (AvgIpc) is 2.45. The lowest BCUT2D eigenvalue weighted by Gasteiger charge is -2.18. The fraction of sp³-hybridized carbons (Fsp3) is 0.214. The second-order valence-electron chi connectivity index (χ2n) is 3.71. The molecule has 0 unspecified atom stereocenters. The van der Waals surface area contributed by atoms with Crippen molar-refractivity contribution in [1.29, 1.82) is 0 Å². The summed E-state index contributed by atoms with van der Waals surface area (Å²) in [6, 6.07) is 3.00. The predicted octanol–water partition coefficient (Wildman–Crippen LogP) is 1.68. The van der Waals surface area contributed by atoms with Crippen molar-refractivity contribution in [3.8, 4) is 0 Å². The van der Waals surface area contributed by atoms with Crippen LogP contribution < -0.4 is 0 Å². The van der Waals surface area contributed by atoms with Crippen LogP contribution >= 0.6 is 0 Å². The van der Waals surface area contributed by atoms with Gasteiger partial charge in [0, 0.05) is 19.3 Å². The fourth-order valence-corrected chi connectivity index (χ4v) is 1.47. The molecular formula is C14H16N2O3. The second-order valence-corrected chi connectivity index (χ2v) is 3.71. The van der Waals surface area contributed by atoms with Crippen molar-refractivity contribution in [2.24, 2.45) is 0 Å². The smallest absolute Gasteiger partial charge is 0.339 e. The van der Waals surface area contributed by atoms with Gasteiger partial charge in [0.25, 0.3) is 5.91 Å². The molecular weight excluding hydrogens is 244 g/mol. The van der Waals surface area contributed by atoms with Gasteiger partial charge < -0.3 is 9.64 Å². The molecule has 0 aliphatic rings. The van der Waals surface area contributed by atoms with Crippen LogP contribution in [0.15, 0.2) is 43.6 Å². The molecule has 19 heavy (non-hydrogen) atoms. The summed E-state index contributed by atoms with van der Waals surface area (Å²) in [5.41, 5.74) is 0.564. The topological polar surface area (TPSA) is 59.5 Å². The van der Waals surface area contributed by atoms with Crippen molar-refractivity contribution in [3.05, 3.63) is 54.9 Å². The Morgan fingerprint density at radius 3 is 2.37 bits per heavy atom. The minimum atomic E-state index is -0.486. The molecule has 1 rings (SSSR count). The molecule has 0 aliphatic heterocycles. The number of esters is 1. The molecule has 5 nitrogen and oxygen atoms in total. The third-order valence-electron chi connectivity index (χ3n) is 2.39. The Morgan fingerprint density at radius 2 is 1.95 bits per heavy atom. The van der Waals surface area contributed by atoms with Crippen molar-refractivity contribution >= 4 is 11.9 Å². The summed E-state index contributed by atoms with van der Waals surface area (Å²) in [6.45, 7) is 8.01. The molecule has 0 saturated carbocycles. The minimum absolute atomic E-state index is 0.240. The van der Waals surface area contributed by atoms with E-state index < -0.39 is 5.97 Å². The Morgan fingerprint density at radius 1 is 1.32 bits per heavy atom. The number of nitrogens with zero attached hydrogens (tertiary/aromatic N) is 2. The Balaban J connectivity index is 2.89. The molecule has 0 atom stereocenters. The quantitative estimate of drug-likeness (QED) is 0.577. The average molecular weight is 260 g/mol. The third kappa shape index (κ3) is 3.77. The van der Waals surface area contributed by atoms with Crippen LogP contribution in [-0.4, -0.2) is 42.0 Å². The molecule has 1 amide bonds. The van der Waals surface area contributed by atoms with Gasteiger partial charge in [-0.25, -0.2) is 4.79 Å². The predicted molar refractivity (Wildman–Crippen MR) is 71.9 cm³/mol. The molecule has 1 aromatic heterocycles. The van der Waals surface area contributed by atoms with Crippen LogP contribution in [0.1, 0.15) is 20.8 Å². The van der Waals surface area contributed by atoms with Crippen molar-refractivity contribution in [3.63, 3.8) is 0 Å². The van der Waals surface area contributed by atoms with Crippen molar-refractivity contribution in [1.82, 2.24) is 9.88 Å². The SMILES string of the molecule is C=CCN(CC=C)C(=O)c1ccc(C(=O)OC)cn1. The minimum Gasteiger partial charge on any atom is -0.465 e. The molecule has 0 bridgehead atoms. The first-order valence-corrected chi connectivity index (χ1v) is 5.69.